The molecule has 0 aliphatic carbocycles. The molecule has 162 valence electrons. The highest BCUT2D eigenvalue weighted by Crippen LogP contribution is 2.30. The number of nitrogens with zero attached hydrogens (tertiary/aromatic N) is 3. The van der Waals surface area contributed by atoms with E-state index in [2.05, 4.69) is 0 Å². The summed E-state index contributed by atoms with van der Waals surface area (Å²) in [5.41, 5.74) is 1.63. The van der Waals surface area contributed by atoms with Crippen molar-refractivity contribution in [3.8, 4) is 0 Å². The fourth-order valence-electron chi connectivity index (χ4n) is 3.53. The number of likely N-dealkylation sites (N-methyl/N-ethyl adjacent to an activating group) is 1. The normalized spacial score (nSPS) is 12.1. The standard InChI is InChI=1S/C25H35N3O2/c1-24(2,22(29)18-10-14-20(15-11-18)26(5)6)28(9)25(3,4)23(30)19-12-16-21(17-13-19)27(7)8/h10-17H,1-9H3. The van der Waals surface area contributed by atoms with Gasteiger partial charge in [0.25, 0.3) is 0 Å². The van der Waals surface area contributed by atoms with Gasteiger partial charge in [0.15, 0.2) is 11.6 Å². The molecule has 0 aliphatic heterocycles. The number of carbonyl (C=O) groups excluding carboxylic acids is 2. The van der Waals surface area contributed by atoms with E-state index >= 15 is 0 Å². The van der Waals surface area contributed by atoms with Crippen molar-refractivity contribution in [2.45, 2.75) is 38.8 Å². The molecule has 0 unspecified atom stereocenters. The van der Waals surface area contributed by atoms with Crippen LogP contribution in [0.5, 0.6) is 0 Å². The molecule has 0 aliphatic rings. The molecular weight excluding hydrogens is 374 g/mol. The average molecular weight is 410 g/mol. The molecule has 0 heterocycles. The van der Waals surface area contributed by atoms with Gasteiger partial charge in [-0.25, -0.2) is 0 Å². The Morgan fingerprint density at radius 1 is 0.567 bits per heavy atom. The highest BCUT2D eigenvalue weighted by atomic mass is 16.1. The molecule has 30 heavy (non-hydrogen) atoms. The molecule has 2 aromatic carbocycles. The van der Waals surface area contributed by atoms with Crippen molar-refractivity contribution < 1.29 is 9.59 Å². The summed E-state index contributed by atoms with van der Waals surface area (Å²) in [5.74, 6) is -0.0294. The van der Waals surface area contributed by atoms with Crippen LogP contribution in [0.1, 0.15) is 48.4 Å². The Hall–Kier alpha value is -2.66. The van der Waals surface area contributed by atoms with Crippen LogP contribution in [-0.4, -0.2) is 62.8 Å². The van der Waals surface area contributed by atoms with Crippen LogP contribution in [-0.2, 0) is 0 Å². The van der Waals surface area contributed by atoms with Crippen LogP contribution in [0, 0.1) is 0 Å². The molecule has 5 heteroatoms. The van der Waals surface area contributed by atoms with Crippen LogP contribution in [0.4, 0.5) is 11.4 Å². The summed E-state index contributed by atoms with van der Waals surface area (Å²) >= 11 is 0. The topological polar surface area (TPSA) is 43.9 Å². The molecule has 0 saturated heterocycles. The molecule has 0 aromatic heterocycles. The van der Waals surface area contributed by atoms with Gasteiger partial charge >= 0.3 is 0 Å². The molecule has 5 nitrogen and oxygen atoms in total. The highest BCUT2D eigenvalue weighted by Gasteiger charge is 2.44. The molecule has 0 amide bonds. The van der Waals surface area contributed by atoms with Gasteiger partial charge in [-0.1, -0.05) is 0 Å². The predicted molar refractivity (Wildman–Crippen MR) is 126 cm³/mol. The van der Waals surface area contributed by atoms with E-state index in [-0.39, 0.29) is 11.6 Å². The van der Waals surface area contributed by atoms with Crippen molar-refractivity contribution in [2.24, 2.45) is 0 Å². The van der Waals surface area contributed by atoms with Gasteiger partial charge in [-0.3, -0.25) is 14.5 Å². The summed E-state index contributed by atoms with van der Waals surface area (Å²) in [6.07, 6.45) is 0. The monoisotopic (exact) mass is 409 g/mol. The van der Waals surface area contributed by atoms with Gasteiger partial charge in [0.2, 0.25) is 0 Å². The van der Waals surface area contributed by atoms with E-state index in [0.29, 0.717) is 11.1 Å². The fraction of sp³-hybridized carbons (Fsp3) is 0.440. The molecule has 0 bridgehead atoms. The third kappa shape index (κ3) is 4.57. The first kappa shape index (κ1) is 23.6. The highest BCUT2D eigenvalue weighted by molar-refractivity contribution is 6.06. The average Bonchev–Trinajstić information content (AvgIpc) is 2.71. The number of carbonyl (C=O) groups is 2. The molecule has 0 radical (unpaired) electrons. The second-order valence-electron chi connectivity index (χ2n) is 9.22. The lowest BCUT2D eigenvalue weighted by Crippen LogP contribution is -2.60. The molecular formula is C25H35N3O2. The van der Waals surface area contributed by atoms with E-state index < -0.39 is 11.1 Å². The van der Waals surface area contributed by atoms with E-state index in [9.17, 15) is 9.59 Å². The zero-order valence-electron chi connectivity index (χ0n) is 19.8. The van der Waals surface area contributed by atoms with Crippen LogP contribution in [0.25, 0.3) is 0 Å². The lowest BCUT2D eigenvalue weighted by molar-refractivity contribution is 0.0332. The van der Waals surface area contributed by atoms with Crippen molar-refractivity contribution >= 4 is 22.9 Å². The second kappa shape index (κ2) is 8.60. The third-order valence-corrected chi connectivity index (χ3v) is 6.08. The first-order valence-electron chi connectivity index (χ1n) is 10.2. The lowest BCUT2D eigenvalue weighted by atomic mass is 9.83. The van der Waals surface area contributed by atoms with Gasteiger partial charge in [0.1, 0.15) is 0 Å². The molecule has 0 fully saturated rings. The van der Waals surface area contributed by atoms with Crippen LogP contribution in [0.2, 0.25) is 0 Å². The van der Waals surface area contributed by atoms with Crippen LogP contribution < -0.4 is 9.80 Å². The predicted octanol–water partition coefficient (Wildman–Crippen LogP) is 4.37. The molecule has 0 saturated carbocycles. The van der Waals surface area contributed by atoms with Crippen LogP contribution in [0.3, 0.4) is 0 Å². The van der Waals surface area contributed by atoms with Crippen molar-refractivity contribution in [1.29, 1.82) is 0 Å². The summed E-state index contributed by atoms with van der Waals surface area (Å²) in [5, 5.41) is 0. The zero-order chi connectivity index (χ0) is 22.9. The van der Waals surface area contributed by atoms with E-state index in [0.717, 1.165) is 11.4 Å². The van der Waals surface area contributed by atoms with Gasteiger partial charge < -0.3 is 9.80 Å². The van der Waals surface area contributed by atoms with E-state index in [1.807, 2.05) is 126 Å². The van der Waals surface area contributed by atoms with Crippen molar-refractivity contribution in [3.63, 3.8) is 0 Å². The number of anilines is 2. The minimum absolute atomic E-state index is 0.0147. The van der Waals surface area contributed by atoms with Gasteiger partial charge in [-0.2, -0.15) is 0 Å². The molecule has 0 spiro atoms. The molecule has 2 rings (SSSR count). The van der Waals surface area contributed by atoms with Crippen molar-refractivity contribution in [1.82, 2.24) is 4.90 Å². The Labute approximate surface area is 181 Å². The van der Waals surface area contributed by atoms with E-state index in [4.69, 9.17) is 0 Å². The molecule has 0 N–H and O–H groups in total. The van der Waals surface area contributed by atoms with E-state index in [1.54, 1.807) is 0 Å². The molecule has 2 aromatic rings. The number of rotatable bonds is 8. The Morgan fingerprint density at radius 2 is 0.833 bits per heavy atom. The van der Waals surface area contributed by atoms with Crippen LogP contribution >= 0.6 is 0 Å². The van der Waals surface area contributed by atoms with Gasteiger partial charge in [-0.05, 0) is 83.3 Å². The second-order valence-corrected chi connectivity index (χ2v) is 9.22. The van der Waals surface area contributed by atoms with Crippen molar-refractivity contribution in [3.05, 3.63) is 59.7 Å². The summed E-state index contributed by atoms with van der Waals surface area (Å²) in [6, 6.07) is 15.1. The first-order valence-corrected chi connectivity index (χ1v) is 10.2. The zero-order valence-corrected chi connectivity index (χ0v) is 19.8. The van der Waals surface area contributed by atoms with Gasteiger partial charge in [-0.15, -0.1) is 0 Å². The Balaban J connectivity index is 2.29. The van der Waals surface area contributed by atoms with Gasteiger partial charge in [0, 0.05) is 50.7 Å². The number of Topliss-reactive ketones (excluding diaryl/α,β-unsaturated/α-hetero) is 2. The number of ketones is 2. The number of hydrogen-bond acceptors (Lipinski definition) is 5. The quantitative estimate of drug-likeness (QED) is 0.606. The summed E-state index contributed by atoms with van der Waals surface area (Å²) in [4.78, 5) is 32.6. The minimum atomic E-state index is -0.859. The van der Waals surface area contributed by atoms with Gasteiger partial charge in [0.05, 0.1) is 11.1 Å². The minimum Gasteiger partial charge on any atom is -0.378 e. The largest absolute Gasteiger partial charge is 0.378 e. The fourth-order valence-corrected chi connectivity index (χ4v) is 3.53. The maximum Gasteiger partial charge on any atom is 0.182 e. The number of hydrogen-bond donors (Lipinski definition) is 0. The molecule has 0 atom stereocenters. The third-order valence-electron chi connectivity index (χ3n) is 6.08. The Bertz CT molecular complexity index is 819. The first-order chi connectivity index (χ1) is 13.8. The summed E-state index contributed by atoms with van der Waals surface area (Å²) in [7, 11) is 9.71. The maximum atomic E-state index is 13.3. The Morgan fingerprint density at radius 3 is 1.07 bits per heavy atom. The summed E-state index contributed by atoms with van der Waals surface area (Å²) < 4.78 is 0. The lowest BCUT2D eigenvalue weighted by Gasteiger charge is -2.44. The Kier molecular flexibility index (Phi) is 6.77. The SMILES string of the molecule is CN(C)c1ccc(C(=O)C(C)(C)N(C)C(C)(C)C(=O)c2ccc(N(C)C)cc2)cc1. The van der Waals surface area contributed by atoms with E-state index in [1.165, 1.54) is 0 Å². The number of benzene rings is 2. The van der Waals surface area contributed by atoms with Crippen molar-refractivity contribution in [2.75, 3.05) is 45.0 Å². The van der Waals surface area contributed by atoms with Crippen LogP contribution in [0.15, 0.2) is 48.5 Å². The maximum absolute atomic E-state index is 13.3. The smallest absolute Gasteiger partial charge is 0.182 e. The summed E-state index contributed by atoms with van der Waals surface area (Å²) in [6.45, 7) is 7.50.